The second-order valence-corrected chi connectivity index (χ2v) is 7.44. The van der Waals surface area contributed by atoms with Crippen LogP contribution in [0.4, 0.5) is 4.79 Å². The summed E-state index contributed by atoms with van der Waals surface area (Å²) in [5.74, 6) is 0.399. The molecule has 2 heterocycles. The van der Waals surface area contributed by atoms with Crippen molar-refractivity contribution < 1.29 is 9.53 Å². The molecule has 162 valence electrons. The normalized spacial score (nSPS) is 11.3. The summed E-state index contributed by atoms with van der Waals surface area (Å²) in [5, 5.41) is 4.77. The summed E-state index contributed by atoms with van der Waals surface area (Å²) < 4.78 is 8.47. The number of benzene rings is 3. The Morgan fingerprint density at radius 1 is 0.788 bits per heavy atom. The highest BCUT2D eigenvalue weighted by Gasteiger charge is 2.39. The molecule has 5 aromatic rings. The van der Waals surface area contributed by atoms with Gasteiger partial charge in [0.2, 0.25) is 0 Å². The molecule has 0 saturated carbocycles. The predicted octanol–water partition coefficient (Wildman–Crippen LogP) is 4.50. The van der Waals surface area contributed by atoms with Crippen molar-refractivity contribution in [2.75, 3.05) is 0 Å². The van der Waals surface area contributed by atoms with E-state index in [1.165, 1.54) is 23.3 Å². The lowest BCUT2D eigenvalue weighted by atomic mass is 9.77. The molecule has 0 amide bonds. The summed E-state index contributed by atoms with van der Waals surface area (Å²) in [5.41, 5.74) is 2.35. The molecule has 0 N–H and O–H groups in total. The fourth-order valence-electron chi connectivity index (χ4n) is 4.03. The van der Waals surface area contributed by atoms with Gasteiger partial charge in [0.1, 0.15) is 18.2 Å². The lowest BCUT2D eigenvalue weighted by molar-refractivity contribution is 0.138. The molecule has 0 spiro atoms. The first-order valence-electron chi connectivity index (χ1n) is 10.5. The molecule has 0 aliphatic heterocycles. The lowest BCUT2D eigenvalue weighted by Gasteiger charge is -2.35. The SMILES string of the molecule is O=C(OCc1ncn(C(c2ccccc2)(c2ccccc2)c2ccccc2)n1)n1ccnc1. The van der Waals surface area contributed by atoms with Crippen LogP contribution >= 0.6 is 0 Å². The smallest absolute Gasteiger partial charge is 0.419 e. The molecular weight excluding hydrogens is 414 g/mol. The van der Waals surface area contributed by atoms with Crippen molar-refractivity contribution in [2.45, 2.75) is 12.1 Å². The molecule has 0 aliphatic rings. The van der Waals surface area contributed by atoms with Crippen LogP contribution in [-0.2, 0) is 16.9 Å². The van der Waals surface area contributed by atoms with Crippen molar-refractivity contribution in [1.29, 1.82) is 0 Å². The Hall–Kier alpha value is -4.52. The number of carbonyl (C=O) groups excluding carboxylic acids is 1. The third kappa shape index (κ3) is 3.80. The van der Waals surface area contributed by atoms with E-state index >= 15 is 0 Å². The molecule has 0 fully saturated rings. The van der Waals surface area contributed by atoms with Gasteiger partial charge in [-0.1, -0.05) is 91.0 Å². The molecule has 0 aliphatic carbocycles. The Balaban J connectivity index is 1.61. The van der Waals surface area contributed by atoms with Crippen LogP contribution < -0.4 is 0 Å². The molecule has 33 heavy (non-hydrogen) atoms. The van der Waals surface area contributed by atoms with Gasteiger partial charge in [0.05, 0.1) is 0 Å². The topological polar surface area (TPSA) is 74.8 Å². The van der Waals surface area contributed by atoms with Gasteiger partial charge in [-0.05, 0) is 16.7 Å². The van der Waals surface area contributed by atoms with Crippen molar-refractivity contribution in [2.24, 2.45) is 0 Å². The van der Waals surface area contributed by atoms with E-state index in [0.717, 1.165) is 16.7 Å². The highest BCUT2D eigenvalue weighted by atomic mass is 16.5. The molecular formula is C26H21N5O2. The third-order valence-electron chi connectivity index (χ3n) is 5.50. The van der Waals surface area contributed by atoms with Gasteiger partial charge in [0.15, 0.2) is 12.4 Å². The van der Waals surface area contributed by atoms with E-state index in [1.54, 1.807) is 6.33 Å². The second kappa shape index (κ2) is 8.92. The number of carbonyl (C=O) groups is 1. The molecule has 5 rings (SSSR count). The summed E-state index contributed by atoms with van der Waals surface area (Å²) >= 11 is 0. The average Bonchev–Trinajstić information content (AvgIpc) is 3.59. The molecule has 3 aromatic carbocycles. The summed E-state index contributed by atoms with van der Waals surface area (Å²) in [6.45, 7) is -0.0571. The maximum atomic E-state index is 12.2. The van der Waals surface area contributed by atoms with Crippen molar-refractivity contribution in [3.8, 4) is 0 Å². The first kappa shape index (κ1) is 20.4. The van der Waals surface area contributed by atoms with Gasteiger partial charge in [-0.15, -0.1) is 0 Å². The van der Waals surface area contributed by atoms with E-state index < -0.39 is 11.6 Å². The van der Waals surface area contributed by atoms with E-state index in [-0.39, 0.29) is 6.61 Å². The highest BCUT2D eigenvalue weighted by molar-refractivity contribution is 5.69. The minimum absolute atomic E-state index is 0.0571. The zero-order valence-corrected chi connectivity index (χ0v) is 17.7. The maximum Gasteiger partial charge on any atom is 0.419 e. The van der Waals surface area contributed by atoms with Crippen LogP contribution in [0.15, 0.2) is 116 Å². The Kier molecular flexibility index (Phi) is 5.51. The number of hydrogen-bond donors (Lipinski definition) is 0. The van der Waals surface area contributed by atoms with Crippen molar-refractivity contribution in [1.82, 2.24) is 24.3 Å². The molecule has 0 unspecified atom stereocenters. The van der Waals surface area contributed by atoms with Crippen molar-refractivity contribution in [3.63, 3.8) is 0 Å². The van der Waals surface area contributed by atoms with Gasteiger partial charge in [0, 0.05) is 12.4 Å². The van der Waals surface area contributed by atoms with Gasteiger partial charge >= 0.3 is 6.09 Å². The number of aromatic nitrogens is 5. The summed E-state index contributed by atoms with van der Waals surface area (Å²) in [7, 11) is 0. The minimum Gasteiger partial charge on any atom is -0.441 e. The van der Waals surface area contributed by atoms with E-state index in [0.29, 0.717) is 5.82 Å². The second-order valence-electron chi connectivity index (χ2n) is 7.44. The average molecular weight is 435 g/mol. The Morgan fingerprint density at radius 2 is 1.33 bits per heavy atom. The van der Waals surface area contributed by atoms with Gasteiger partial charge in [0.25, 0.3) is 0 Å². The number of hydrogen-bond acceptors (Lipinski definition) is 5. The number of ether oxygens (including phenoxy) is 1. The predicted molar refractivity (Wildman–Crippen MR) is 122 cm³/mol. The van der Waals surface area contributed by atoms with Crippen LogP contribution in [-0.4, -0.2) is 30.4 Å². The molecule has 2 aromatic heterocycles. The van der Waals surface area contributed by atoms with Gasteiger partial charge < -0.3 is 4.74 Å². The fraction of sp³-hybridized carbons (Fsp3) is 0.0769. The fourth-order valence-corrected chi connectivity index (χ4v) is 4.03. The van der Waals surface area contributed by atoms with Crippen LogP contribution in [0, 0.1) is 0 Å². The molecule has 0 bridgehead atoms. The highest BCUT2D eigenvalue weighted by Crippen LogP contribution is 2.40. The standard InChI is InChI=1S/C26H21N5O2/c32-25(30-17-16-27-19-30)33-18-24-28-20-31(29-24)26(21-10-4-1-5-11-21,22-12-6-2-7-13-22)23-14-8-3-9-15-23/h1-17,19-20H,18H2. The Bertz CT molecular complexity index is 1220. The molecule has 0 atom stereocenters. The quantitative estimate of drug-likeness (QED) is 0.367. The van der Waals surface area contributed by atoms with E-state index in [1.807, 2.05) is 59.3 Å². The molecule has 7 heteroatoms. The summed E-state index contributed by atoms with van der Waals surface area (Å²) in [6.07, 6.45) is 5.58. The van der Waals surface area contributed by atoms with Crippen molar-refractivity contribution in [3.05, 3.63) is 139 Å². The van der Waals surface area contributed by atoms with Crippen LogP contribution in [0.2, 0.25) is 0 Å². The lowest BCUT2D eigenvalue weighted by Crippen LogP contribution is -2.38. The third-order valence-corrected chi connectivity index (χ3v) is 5.50. The zero-order chi connectivity index (χ0) is 22.5. The number of imidazole rings is 1. The zero-order valence-electron chi connectivity index (χ0n) is 17.7. The Labute approximate surface area is 190 Å². The van der Waals surface area contributed by atoms with Crippen LogP contribution in [0.1, 0.15) is 22.5 Å². The largest absolute Gasteiger partial charge is 0.441 e. The summed E-state index contributed by atoms with van der Waals surface area (Å²) in [6, 6.07) is 30.6. The monoisotopic (exact) mass is 435 g/mol. The van der Waals surface area contributed by atoms with E-state index in [9.17, 15) is 4.79 Å². The van der Waals surface area contributed by atoms with Crippen LogP contribution in [0.3, 0.4) is 0 Å². The van der Waals surface area contributed by atoms with Gasteiger partial charge in [-0.25, -0.2) is 24.0 Å². The van der Waals surface area contributed by atoms with E-state index in [4.69, 9.17) is 9.84 Å². The number of nitrogens with zero attached hydrogens (tertiary/aromatic N) is 5. The minimum atomic E-state index is -0.761. The number of rotatable bonds is 6. The first-order chi connectivity index (χ1) is 16.3. The van der Waals surface area contributed by atoms with Crippen LogP contribution in [0.5, 0.6) is 0 Å². The molecule has 7 nitrogen and oxygen atoms in total. The van der Waals surface area contributed by atoms with Gasteiger partial charge in [-0.2, -0.15) is 5.10 Å². The van der Waals surface area contributed by atoms with Crippen LogP contribution in [0.25, 0.3) is 0 Å². The van der Waals surface area contributed by atoms with Gasteiger partial charge in [-0.3, -0.25) is 0 Å². The maximum absolute atomic E-state index is 12.2. The molecule has 0 radical (unpaired) electrons. The molecule has 0 saturated heterocycles. The summed E-state index contributed by atoms with van der Waals surface area (Å²) in [4.78, 5) is 20.5. The van der Waals surface area contributed by atoms with Crippen molar-refractivity contribution >= 4 is 6.09 Å². The van der Waals surface area contributed by atoms with E-state index in [2.05, 4.69) is 46.4 Å². The Morgan fingerprint density at radius 3 is 1.82 bits per heavy atom. The first-order valence-corrected chi connectivity index (χ1v) is 10.5.